The third-order valence-corrected chi connectivity index (χ3v) is 4.91. The molecule has 1 saturated heterocycles. The molecule has 2 heterocycles. The third-order valence-electron chi connectivity index (χ3n) is 4.91. The molecule has 0 unspecified atom stereocenters. The fourth-order valence-electron chi connectivity index (χ4n) is 3.19. The molecule has 0 saturated carbocycles. The summed E-state index contributed by atoms with van der Waals surface area (Å²) in [5.41, 5.74) is 3.94. The van der Waals surface area contributed by atoms with Gasteiger partial charge in [-0.15, -0.1) is 0 Å². The molecule has 0 aromatic heterocycles. The van der Waals surface area contributed by atoms with Gasteiger partial charge in [0.25, 0.3) is 5.91 Å². The summed E-state index contributed by atoms with van der Waals surface area (Å²) in [6.07, 6.45) is -0.268. The predicted molar refractivity (Wildman–Crippen MR) is 113 cm³/mol. The second kappa shape index (κ2) is 11.2. The minimum atomic E-state index is -0.325. The maximum atomic E-state index is 12.0. The lowest BCUT2D eigenvalue weighted by atomic mass is 10.1. The molecular weight excluding hydrogens is 404 g/mol. The summed E-state index contributed by atoms with van der Waals surface area (Å²) < 4.78 is 10.5. The third kappa shape index (κ3) is 6.85. The smallest absolute Gasteiger partial charge is 0.409 e. The molecule has 2 aliphatic rings. The number of hydrogen-bond acceptors (Lipinski definition) is 7. The van der Waals surface area contributed by atoms with E-state index in [9.17, 15) is 14.4 Å². The molecule has 0 radical (unpaired) electrons. The Labute approximate surface area is 180 Å². The molecule has 2 aliphatic heterocycles. The van der Waals surface area contributed by atoms with E-state index in [2.05, 4.69) is 26.1 Å². The van der Waals surface area contributed by atoms with Crippen molar-refractivity contribution in [3.05, 3.63) is 29.8 Å². The first-order valence-electron chi connectivity index (χ1n) is 10.3. The van der Waals surface area contributed by atoms with Crippen molar-refractivity contribution in [2.75, 3.05) is 59.0 Å². The van der Waals surface area contributed by atoms with Crippen molar-refractivity contribution in [1.29, 1.82) is 0 Å². The molecule has 0 bridgehead atoms. The predicted octanol–water partition coefficient (Wildman–Crippen LogP) is -0.0274. The summed E-state index contributed by atoms with van der Waals surface area (Å²) in [5, 5.41) is 9.49. The van der Waals surface area contributed by atoms with Crippen LogP contribution in [-0.4, -0.2) is 92.6 Å². The van der Waals surface area contributed by atoms with Crippen LogP contribution in [0.15, 0.2) is 29.4 Å². The standard InChI is InChI=1S/C20H28N6O5/c1-2-30-20(29)26-11-9-25(10-12-26)8-7-21-18(27)14-31-16-5-3-15(4-6-16)17-13-22-19(28)24-23-17/h3-6H,2,7-14H2,1H3,(H,21,27)(H2,22,24,28). The van der Waals surface area contributed by atoms with Crippen molar-refractivity contribution in [2.45, 2.75) is 6.92 Å². The second-order valence-corrected chi connectivity index (χ2v) is 7.04. The van der Waals surface area contributed by atoms with E-state index in [4.69, 9.17) is 9.47 Å². The van der Waals surface area contributed by atoms with Gasteiger partial charge < -0.3 is 25.0 Å². The molecule has 0 aliphatic carbocycles. The maximum Gasteiger partial charge on any atom is 0.409 e. The fourth-order valence-corrected chi connectivity index (χ4v) is 3.19. The van der Waals surface area contributed by atoms with Crippen LogP contribution in [0.5, 0.6) is 5.75 Å². The fraction of sp³-hybridized carbons (Fsp3) is 0.500. The van der Waals surface area contributed by atoms with E-state index in [1.807, 2.05) is 12.1 Å². The van der Waals surface area contributed by atoms with Crippen molar-refractivity contribution in [2.24, 2.45) is 5.10 Å². The van der Waals surface area contributed by atoms with Gasteiger partial charge >= 0.3 is 12.1 Å². The molecule has 3 rings (SSSR count). The molecule has 11 nitrogen and oxygen atoms in total. The zero-order chi connectivity index (χ0) is 22.1. The SMILES string of the molecule is CCOC(=O)N1CCN(CCNC(=O)COc2ccc(C3=NNC(=O)NC3)cc2)CC1. The Hall–Kier alpha value is -3.34. The highest BCUT2D eigenvalue weighted by molar-refractivity contribution is 6.05. The van der Waals surface area contributed by atoms with Crippen molar-refractivity contribution in [1.82, 2.24) is 25.9 Å². The summed E-state index contributed by atoms with van der Waals surface area (Å²) in [7, 11) is 0. The zero-order valence-corrected chi connectivity index (χ0v) is 17.6. The highest BCUT2D eigenvalue weighted by atomic mass is 16.6. The molecule has 0 atom stereocenters. The molecule has 3 N–H and O–H groups in total. The number of hydrogen-bond donors (Lipinski definition) is 3. The monoisotopic (exact) mass is 432 g/mol. The molecule has 0 spiro atoms. The number of carbonyl (C=O) groups is 3. The first kappa shape index (κ1) is 22.3. The Balaban J connectivity index is 1.31. The number of ether oxygens (including phenoxy) is 2. The number of urea groups is 1. The Morgan fingerprint density at radius 3 is 2.55 bits per heavy atom. The maximum absolute atomic E-state index is 12.0. The summed E-state index contributed by atoms with van der Waals surface area (Å²) in [6, 6.07) is 6.82. The number of nitrogens with one attached hydrogen (secondary N) is 3. The van der Waals surface area contributed by atoms with Gasteiger partial charge in [-0.1, -0.05) is 0 Å². The van der Waals surface area contributed by atoms with Gasteiger partial charge in [0.05, 0.1) is 18.9 Å². The molecule has 4 amide bonds. The van der Waals surface area contributed by atoms with Gasteiger partial charge in [-0.05, 0) is 36.8 Å². The zero-order valence-electron chi connectivity index (χ0n) is 17.6. The van der Waals surface area contributed by atoms with Crippen LogP contribution in [0, 0.1) is 0 Å². The Morgan fingerprint density at radius 2 is 1.90 bits per heavy atom. The lowest BCUT2D eigenvalue weighted by molar-refractivity contribution is -0.123. The van der Waals surface area contributed by atoms with Gasteiger partial charge in [0.15, 0.2) is 6.61 Å². The number of rotatable bonds is 8. The number of piperazine rings is 1. The molecule has 1 aromatic rings. The van der Waals surface area contributed by atoms with E-state index in [1.54, 1.807) is 24.0 Å². The van der Waals surface area contributed by atoms with Crippen LogP contribution < -0.4 is 20.8 Å². The number of amides is 4. The number of nitrogens with zero attached hydrogens (tertiary/aromatic N) is 3. The van der Waals surface area contributed by atoms with Crippen LogP contribution in [0.2, 0.25) is 0 Å². The lowest BCUT2D eigenvalue weighted by Crippen LogP contribution is -2.50. The van der Waals surface area contributed by atoms with Gasteiger partial charge in [0.1, 0.15) is 5.75 Å². The number of benzene rings is 1. The van der Waals surface area contributed by atoms with E-state index >= 15 is 0 Å². The number of carbonyl (C=O) groups excluding carboxylic acids is 3. The Bertz CT molecular complexity index is 805. The van der Waals surface area contributed by atoms with E-state index in [1.165, 1.54) is 0 Å². The Morgan fingerprint density at radius 1 is 1.16 bits per heavy atom. The van der Waals surface area contributed by atoms with Crippen LogP contribution >= 0.6 is 0 Å². The van der Waals surface area contributed by atoms with Crippen LogP contribution in [-0.2, 0) is 9.53 Å². The van der Waals surface area contributed by atoms with E-state index in [0.29, 0.717) is 50.8 Å². The average Bonchev–Trinajstić information content (AvgIpc) is 2.79. The minimum Gasteiger partial charge on any atom is -0.484 e. The van der Waals surface area contributed by atoms with Gasteiger partial charge in [-0.25, -0.2) is 15.0 Å². The normalized spacial score (nSPS) is 16.6. The van der Waals surface area contributed by atoms with Crippen molar-refractivity contribution in [3.63, 3.8) is 0 Å². The van der Waals surface area contributed by atoms with Crippen molar-refractivity contribution in [3.8, 4) is 5.75 Å². The van der Waals surface area contributed by atoms with Gasteiger partial charge in [-0.2, -0.15) is 5.10 Å². The summed E-state index contributed by atoms with van der Waals surface area (Å²) in [5.74, 6) is 0.375. The molecule has 1 aromatic carbocycles. The highest BCUT2D eigenvalue weighted by Gasteiger charge is 2.21. The molecular formula is C20H28N6O5. The molecule has 1 fully saturated rings. The van der Waals surface area contributed by atoms with Crippen LogP contribution in [0.3, 0.4) is 0 Å². The van der Waals surface area contributed by atoms with E-state index in [-0.39, 0.29) is 24.6 Å². The highest BCUT2D eigenvalue weighted by Crippen LogP contribution is 2.13. The number of hydrazone groups is 1. The summed E-state index contributed by atoms with van der Waals surface area (Å²) in [4.78, 5) is 38.7. The van der Waals surface area contributed by atoms with Crippen LogP contribution in [0.1, 0.15) is 12.5 Å². The largest absolute Gasteiger partial charge is 0.484 e. The summed E-state index contributed by atoms with van der Waals surface area (Å²) >= 11 is 0. The van der Waals surface area contributed by atoms with Crippen molar-refractivity contribution >= 4 is 23.7 Å². The second-order valence-electron chi connectivity index (χ2n) is 7.04. The van der Waals surface area contributed by atoms with Crippen molar-refractivity contribution < 1.29 is 23.9 Å². The van der Waals surface area contributed by atoms with Gasteiger partial charge in [0, 0.05) is 39.3 Å². The topological polar surface area (TPSA) is 125 Å². The summed E-state index contributed by atoms with van der Waals surface area (Å²) in [6.45, 7) is 6.43. The molecule has 168 valence electrons. The lowest BCUT2D eigenvalue weighted by Gasteiger charge is -2.33. The van der Waals surface area contributed by atoms with Gasteiger partial charge in [0.2, 0.25) is 0 Å². The quantitative estimate of drug-likeness (QED) is 0.530. The average molecular weight is 432 g/mol. The Kier molecular flexibility index (Phi) is 8.05. The van der Waals surface area contributed by atoms with Crippen LogP contribution in [0.4, 0.5) is 9.59 Å². The van der Waals surface area contributed by atoms with E-state index in [0.717, 1.165) is 18.7 Å². The minimum absolute atomic E-state index is 0.0749. The molecule has 11 heteroatoms. The first-order valence-corrected chi connectivity index (χ1v) is 10.3. The first-order chi connectivity index (χ1) is 15.0. The van der Waals surface area contributed by atoms with Gasteiger partial charge in [-0.3, -0.25) is 9.69 Å². The van der Waals surface area contributed by atoms with E-state index < -0.39 is 0 Å². The van der Waals surface area contributed by atoms with Crippen LogP contribution in [0.25, 0.3) is 0 Å². The molecule has 31 heavy (non-hydrogen) atoms.